The van der Waals surface area contributed by atoms with Gasteiger partial charge in [0.15, 0.2) is 0 Å². The monoisotopic (exact) mass is 467 g/mol. The molecule has 2 fully saturated rings. The van der Waals surface area contributed by atoms with Crippen molar-refractivity contribution >= 4 is 34.9 Å². The van der Waals surface area contributed by atoms with Crippen molar-refractivity contribution in [2.45, 2.75) is 58.0 Å². The van der Waals surface area contributed by atoms with Gasteiger partial charge in [-0.3, -0.25) is 14.4 Å². The first-order valence-corrected chi connectivity index (χ1v) is 13.0. The van der Waals surface area contributed by atoms with Crippen molar-refractivity contribution in [3.8, 4) is 5.75 Å². The topological polar surface area (TPSA) is 64.6 Å². The van der Waals surface area contributed by atoms with Crippen molar-refractivity contribution < 1.29 is 19.2 Å². The Morgan fingerprint density at radius 2 is 1.87 bits per heavy atom. The van der Waals surface area contributed by atoms with Crippen molar-refractivity contribution in [3.63, 3.8) is 0 Å². The van der Waals surface area contributed by atoms with E-state index in [1.807, 2.05) is 30.8 Å². The van der Waals surface area contributed by atoms with Gasteiger partial charge in [-0.2, -0.15) is 11.8 Å². The van der Waals surface area contributed by atoms with Crippen LogP contribution in [0.5, 0.6) is 5.75 Å². The summed E-state index contributed by atoms with van der Waals surface area (Å²) < 4.78 is 5.75. The van der Waals surface area contributed by atoms with E-state index in [0.29, 0.717) is 43.4 Å². The number of ketones is 2. The van der Waals surface area contributed by atoms with Crippen LogP contribution in [0, 0.1) is 17.8 Å². The highest BCUT2D eigenvalue weighted by Crippen LogP contribution is 2.37. The van der Waals surface area contributed by atoms with Crippen LogP contribution in [0.25, 0.3) is 0 Å². The number of carbonyl (C=O) groups excluding carboxylic acids is 2. The summed E-state index contributed by atoms with van der Waals surface area (Å²) in [4.78, 5) is 30.6. The van der Waals surface area contributed by atoms with E-state index < -0.39 is 0 Å². The number of carbonyl (C=O) groups is 2. The van der Waals surface area contributed by atoms with Crippen LogP contribution in [0.15, 0.2) is 24.3 Å². The SMILES string of the molecule is CC(CONCCCCC1C(=O)CC(C2CCCSC2)CC1=O)Oc1ccc(Cl)cc1. The second kappa shape index (κ2) is 12.8. The molecule has 31 heavy (non-hydrogen) atoms. The number of Topliss-reactive ketones (excluding diaryl/α,β-unsaturated/α-hetero) is 2. The Morgan fingerprint density at radius 3 is 2.55 bits per heavy atom. The van der Waals surface area contributed by atoms with Crippen molar-refractivity contribution in [1.82, 2.24) is 5.48 Å². The van der Waals surface area contributed by atoms with E-state index in [2.05, 4.69) is 5.48 Å². The summed E-state index contributed by atoms with van der Waals surface area (Å²) >= 11 is 7.84. The summed E-state index contributed by atoms with van der Waals surface area (Å²) in [5, 5.41) is 0.678. The zero-order chi connectivity index (χ0) is 22.1. The third-order valence-corrected chi connectivity index (χ3v) is 7.65. The number of halogens is 1. The molecule has 2 unspecified atom stereocenters. The minimum Gasteiger partial charge on any atom is -0.488 e. The van der Waals surface area contributed by atoms with Gasteiger partial charge in [0.05, 0.1) is 5.92 Å². The van der Waals surface area contributed by atoms with Gasteiger partial charge in [-0.15, -0.1) is 0 Å². The molecule has 172 valence electrons. The molecule has 0 amide bonds. The fourth-order valence-corrected chi connectivity index (χ4v) is 5.82. The predicted molar refractivity (Wildman–Crippen MR) is 126 cm³/mol. The van der Waals surface area contributed by atoms with Gasteiger partial charge < -0.3 is 4.74 Å². The molecule has 0 spiro atoms. The zero-order valence-electron chi connectivity index (χ0n) is 18.3. The highest BCUT2D eigenvalue weighted by atomic mass is 35.5. The van der Waals surface area contributed by atoms with Crippen LogP contribution >= 0.6 is 23.4 Å². The Kier molecular flexibility index (Phi) is 10.2. The van der Waals surface area contributed by atoms with Crippen LogP contribution in [-0.2, 0) is 14.4 Å². The minimum atomic E-state index is -0.374. The molecule has 1 aromatic carbocycles. The molecular weight excluding hydrogens is 434 g/mol. The molecule has 1 aliphatic heterocycles. The van der Waals surface area contributed by atoms with Crippen LogP contribution < -0.4 is 10.2 Å². The Morgan fingerprint density at radius 1 is 1.13 bits per heavy atom. The van der Waals surface area contributed by atoms with Gasteiger partial charge in [-0.25, -0.2) is 5.48 Å². The van der Waals surface area contributed by atoms with Gasteiger partial charge in [-0.1, -0.05) is 18.0 Å². The number of hydrogen-bond acceptors (Lipinski definition) is 6. The van der Waals surface area contributed by atoms with Crippen LogP contribution in [0.3, 0.4) is 0 Å². The fraction of sp³-hybridized carbons (Fsp3) is 0.667. The third kappa shape index (κ3) is 8.08. The minimum absolute atomic E-state index is 0.0957. The number of rotatable bonds is 11. The number of hydroxylamine groups is 1. The Bertz CT molecular complexity index is 690. The van der Waals surface area contributed by atoms with Crippen LogP contribution in [0.1, 0.15) is 51.9 Å². The molecule has 1 aliphatic carbocycles. The average Bonchev–Trinajstić information content (AvgIpc) is 2.76. The van der Waals surface area contributed by atoms with E-state index in [1.54, 1.807) is 12.1 Å². The van der Waals surface area contributed by atoms with E-state index in [1.165, 1.54) is 18.6 Å². The standard InChI is InChI=1S/C24H34ClNO4S/c1-17(30-21-9-7-20(25)8-10-21)15-29-26-11-3-2-6-22-23(27)13-19(14-24(22)28)18-5-4-12-31-16-18/h7-10,17-19,22,26H,2-6,11-16H2,1H3. The molecule has 0 aromatic heterocycles. The summed E-state index contributed by atoms with van der Waals surface area (Å²) in [7, 11) is 0. The molecule has 2 atom stereocenters. The molecular formula is C24H34ClNO4S. The summed E-state index contributed by atoms with van der Waals surface area (Å²) in [5.41, 5.74) is 2.95. The van der Waals surface area contributed by atoms with E-state index in [4.69, 9.17) is 21.2 Å². The molecule has 1 saturated carbocycles. The number of ether oxygens (including phenoxy) is 1. The quantitative estimate of drug-likeness (QED) is 0.277. The second-order valence-corrected chi connectivity index (χ2v) is 10.3. The molecule has 3 rings (SSSR count). The van der Waals surface area contributed by atoms with Gasteiger partial charge in [-0.05, 0) is 80.2 Å². The smallest absolute Gasteiger partial charge is 0.143 e. The number of nitrogens with one attached hydrogen (secondary N) is 1. The van der Waals surface area contributed by atoms with E-state index in [9.17, 15) is 9.59 Å². The summed E-state index contributed by atoms with van der Waals surface area (Å²) in [5.74, 6) is 3.91. The predicted octanol–water partition coefficient (Wildman–Crippen LogP) is 5.11. The molecule has 2 aliphatic rings. The highest BCUT2D eigenvalue weighted by Gasteiger charge is 2.38. The first kappa shape index (κ1) is 24.6. The van der Waals surface area contributed by atoms with E-state index >= 15 is 0 Å². The fourth-order valence-electron chi connectivity index (χ4n) is 4.42. The maximum Gasteiger partial charge on any atom is 0.143 e. The van der Waals surface area contributed by atoms with Crippen molar-refractivity contribution in [2.75, 3.05) is 24.7 Å². The molecule has 7 heteroatoms. The Balaban J connectivity index is 1.25. The normalized spacial score (nSPS) is 25.4. The molecule has 1 heterocycles. The molecule has 0 radical (unpaired) electrons. The lowest BCUT2D eigenvalue weighted by Gasteiger charge is -2.34. The number of benzene rings is 1. The average molecular weight is 468 g/mol. The number of thioether (sulfide) groups is 1. The molecule has 5 nitrogen and oxygen atoms in total. The number of hydrogen-bond donors (Lipinski definition) is 1. The summed E-state index contributed by atoms with van der Waals surface area (Å²) in [6, 6.07) is 7.24. The maximum absolute atomic E-state index is 12.6. The van der Waals surface area contributed by atoms with E-state index in [0.717, 1.165) is 24.3 Å². The largest absolute Gasteiger partial charge is 0.488 e. The van der Waals surface area contributed by atoms with Gasteiger partial charge in [0.2, 0.25) is 0 Å². The van der Waals surface area contributed by atoms with Gasteiger partial charge in [0.25, 0.3) is 0 Å². The second-order valence-electron chi connectivity index (χ2n) is 8.71. The lowest BCUT2D eigenvalue weighted by molar-refractivity contribution is -0.138. The van der Waals surface area contributed by atoms with Crippen molar-refractivity contribution in [2.24, 2.45) is 17.8 Å². The lowest BCUT2D eigenvalue weighted by Crippen LogP contribution is -2.37. The Labute approximate surface area is 194 Å². The van der Waals surface area contributed by atoms with Crippen molar-refractivity contribution in [1.29, 1.82) is 0 Å². The van der Waals surface area contributed by atoms with Gasteiger partial charge >= 0.3 is 0 Å². The molecule has 1 N–H and O–H groups in total. The summed E-state index contributed by atoms with van der Waals surface area (Å²) in [6.45, 7) is 3.05. The first-order chi connectivity index (χ1) is 15.0. The van der Waals surface area contributed by atoms with Gasteiger partial charge in [0.1, 0.15) is 30.0 Å². The molecule has 1 saturated heterocycles. The lowest BCUT2D eigenvalue weighted by atomic mass is 9.72. The van der Waals surface area contributed by atoms with E-state index in [-0.39, 0.29) is 29.5 Å². The molecule has 1 aromatic rings. The maximum atomic E-state index is 12.6. The molecule has 0 bridgehead atoms. The highest BCUT2D eigenvalue weighted by molar-refractivity contribution is 7.99. The van der Waals surface area contributed by atoms with Crippen molar-refractivity contribution in [3.05, 3.63) is 29.3 Å². The first-order valence-electron chi connectivity index (χ1n) is 11.4. The Hall–Kier alpha value is -1.08. The zero-order valence-corrected chi connectivity index (χ0v) is 19.9. The summed E-state index contributed by atoms with van der Waals surface area (Å²) in [6.07, 6.45) is 5.90. The van der Waals surface area contributed by atoms with Crippen LogP contribution in [0.2, 0.25) is 5.02 Å². The van der Waals surface area contributed by atoms with Crippen LogP contribution in [0.4, 0.5) is 0 Å². The number of unbranched alkanes of at least 4 members (excludes halogenated alkanes) is 1. The van der Waals surface area contributed by atoms with Crippen LogP contribution in [-0.4, -0.2) is 42.3 Å². The third-order valence-electron chi connectivity index (χ3n) is 6.16. The van der Waals surface area contributed by atoms with Gasteiger partial charge in [0, 0.05) is 24.4 Å².